The largest absolute Gasteiger partial charge is 0.497 e. The SMILES string of the molecule is COc1ccc(C2=CC(=Nc3sc4c(c3C(=O)O)CCCC4)C(=O)O2)cc1. The number of hydrogen-bond donors (Lipinski definition) is 1. The molecule has 7 heteroatoms. The molecule has 2 aliphatic rings. The highest BCUT2D eigenvalue weighted by molar-refractivity contribution is 7.16. The Morgan fingerprint density at radius 1 is 1.22 bits per heavy atom. The summed E-state index contributed by atoms with van der Waals surface area (Å²) in [5.74, 6) is -0.490. The fourth-order valence-corrected chi connectivity index (χ4v) is 4.56. The molecule has 1 aromatic carbocycles. The minimum Gasteiger partial charge on any atom is -0.497 e. The maximum Gasteiger partial charge on any atom is 0.362 e. The van der Waals surface area contributed by atoms with Crippen molar-refractivity contribution in [2.45, 2.75) is 25.7 Å². The van der Waals surface area contributed by atoms with Crippen molar-refractivity contribution < 1.29 is 24.2 Å². The Bertz CT molecular complexity index is 985. The van der Waals surface area contributed by atoms with Crippen LogP contribution in [0.15, 0.2) is 35.3 Å². The molecule has 4 rings (SSSR count). The van der Waals surface area contributed by atoms with Gasteiger partial charge in [0, 0.05) is 16.5 Å². The first-order valence-electron chi connectivity index (χ1n) is 8.61. The number of nitrogens with zero attached hydrogens (tertiary/aromatic N) is 1. The lowest BCUT2D eigenvalue weighted by atomic mass is 9.95. The van der Waals surface area contributed by atoms with Gasteiger partial charge in [0.05, 0.1) is 12.7 Å². The molecule has 0 saturated heterocycles. The first-order valence-corrected chi connectivity index (χ1v) is 9.43. The molecule has 1 aromatic heterocycles. The first kappa shape index (κ1) is 17.5. The lowest BCUT2D eigenvalue weighted by molar-refractivity contribution is -0.128. The topological polar surface area (TPSA) is 85.2 Å². The number of ether oxygens (including phenoxy) is 2. The fourth-order valence-electron chi connectivity index (χ4n) is 3.30. The van der Waals surface area contributed by atoms with Gasteiger partial charge in [-0.3, -0.25) is 0 Å². The predicted molar refractivity (Wildman–Crippen MR) is 102 cm³/mol. The third-order valence-corrected chi connectivity index (χ3v) is 5.83. The van der Waals surface area contributed by atoms with E-state index in [1.807, 2.05) is 0 Å². The Morgan fingerprint density at radius 2 is 1.96 bits per heavy atom. The smallest absolute Gasteiger partial charge is 0.362 e. The number of benzene rings is 1. The van der Waals surface area contributed by atoms with Gasteiger partial charge in [-0.2, -0.15) is 0 Å². The van der Waals surface area contributed by atoms with Crippen molar-refractivity contribution in [2.75, 3.05) is 7.11 Å². The molecule has 1 N–H and O–H groups in total. The van der Waals surface area contributed by atoms with E-state index in [0.717, 1.165) is 41.7 Å². The van der Waals surface area contributed by atoms with Crippen LogP contribution in [0.4, 0.5) is 5.00 Å². The van der Waals surface area contributed by atoms with Gasteiger partial charge >= 0.3 is 11.9 Å². The molecule has 0 unspecified atom stereocenters. The molecule has 27 heavy (non-hydrogen) atoms. The third kappa shape index (κ3) is 3.26. The van der Waals surface area contributed by atoms with Gasteiger partial charge in [-0.25, -0.2) is 14.6 Å². The van der Waals surface area contributed by atoms with Crippen LogP contribution >= 0.6 is 11.3 Å². The van der Waals surface area contributed by atoms with Gasteiger partial charge in [0.2, 0.25) is 0 Å². The standard InChI is InChI=1S/C20H17NO5S/c1-25-12-8-6-11(7-9-12)15-10-14(20(24)26-15)21-18-17(19(22)23)13-4-2-3-5-16(13)27-18/h6-10H,2-5H2,1H3,(H,22,23). The van der Waals surface area contributed by atoms with Crippen LogP contribution in [0.1, 0.15) is 39.2 Å². The Balaban J connectivity index is 1.71. The number of fused-ring (bicyclic) bond motifs is 1. The number of carbonyl (C=O) groups excluding carboxylic acids is 1. The van der Waals surface area contributed by atoms with E-state index in [1.165, 1.54) is 11.3 Å². The number of esters is 1. The molecule has 0 radical (unpaired) electrons. The molecule has 0 spiro atoms. The number of aromatic carboxylic acids is 1. The molecule has 2 heterocycles. The molecule has 1 aliphatic heterocycles. The van der Waals surface area contributed by atoms with Crippen LogP contribution in [0.3, 0.4) is 0 Å². The number of hydrogen-bond acceptors (Lipinski definition) is 6. The molecular formula is C20H17NO5S. The monoisotopic (exact) mass is 383 g/mol. The average molecular weight is 383 g/mol. The van der Waals surface area contributed by atoms with Crippen molar-refractivity contribution in [2.24, 2.45) is 4.99 Å². The van der Waals surface area contributed by atoms with Crippen molar-refractivity contribution in [3.05, 3.63) is 51.9 Å². The molecule has 6 nitrogen and oxygen atoms in total. The number of thiophene rings is 1. The summed E-state index contributed by atoms with van der Waals surface area (Å²) in [5.41, 5.74) is 1.92. The summed E-state index contributed by atoms with van der Waals surface area (Å²) < 4.78 is 10.4. The number of aryl methyl sites for hydroxylation is 1. The van der Waals surface area contributed by atoms with E-state index in [9.17, 15) is 14.7 Å². The van der Waals surface area contributed by atoms with E-state index < -0.39 is 11.9 Å². The summed E-state index contributed by atoms with van der Waals surface area (Å²) in [6, 6.07) is 7.12. The third-order valence-electron chi connectivity index (χ3n) is 4.64. The number of methoxy groups -OCH3 is 1. The van der Waals surface area contributed by atoms with E-state index in [2.05, 4.69) is 4.99 Å². The van der Waals surface area contributed by atoms with Crippen molar-refractivity contribution in [3.8, 4) is 5.75 Å². The zero-order valence-electron chi connectivity index (χ0n) is 14.7. The van der Waals surface area contributed by atoms with E-state index in [0.29, 0.717) is 16.5 Å². The van der Waals surface area contributed by atoms with E-state index in [4.69, 9.17) is 9.47 Å². The minimum absolute atomic E-state index is 0.113. The van der Waals surface area contributed by atoms with Crippen LogP contribution in [0, 0.1) is 0 Å². The van der Waals surface area contributed by atoms with Crippen molar-refractivity contribution >= 4 is 39.7 Å². The van der Waals surface area contributed by atoms with Gasteiger partial charge in [-0.05, 0) is 55.5 Å². The Kier molecular flexibility index (Phi) is 4.53. The van der Waals surface area contributed by atoms with Gasteiger partial charge in [0.1, 0.15) is 16.5 Å². The maximum atomic E-state index is 12.2. The maximum absolute atomic E-state index is 12.2. The molecule has 0 fully saturated rings. The van der Waals surface area contributed by atoms with Crippen molar-refractivity contribution in [1.29, 1.82) is 0 Å². The number of carboxylic acids is 1. The van der Waals surface area contributed by atoms with Gasteiger partial charge < -0.3 is 14.6 Å². The minimum atomic E-state index is -1.00. The predicted octanol–water partition coefficient (Wildman–Crippen LogP) is 4.00. The van der Waals surface area contributed by atoms with Gasteiger partial charge in [-0.15, -0.1) is 11.3 Å². The number of carbonyl (C=O) groups is 2. The number of aliphatic imine (C=N–C) groups is 1. The van der Waals surface area contributed by atoms with E-state index in [1.54, 1.807) is 37.5 Å². The number of rotatable bonds is 4. The Hall–Kier alpha value is -2.93. The summed E-state index contributed by atoms with van der Waals surface area (Å²) >= 11 is 1.36. The molecule has 0 amide bonds. The van der Waals surface area contributed by atoms with E-state index in [-0.39, 0.29) is 11.3 Å². The highest BCUT2D eigenvalue weighted by atomic mass is 32.1. The Morgan fingerprint density at radius 3 is 2.67 bits per heavy atom. The normalized spacial score (nSPS) is 17.4. The average Bonchev–Trinajstić information content (AvgIpc) is 3.22. The van der Waals surface area contributed by atoms with Crippen LogP contribution in [0.25, 0.3) is 5.76 Å². The highest BCUT2D eigenvalue weighted by Crippen LogP contribution is 2.40. The zero-order valence-corrected chi connectivity index (χ0v) is 15.5. The molecule has 0 saturated carbocycles. The number of carboxylic acid groups (broad SMARTS) is 1. The molecule has 138 valence electrons. The lowest BCUT2D eigenvalue weighted by Crippen LogP contribution is -2.08. The second-order valence-corrected chi connectivity index (χ2v) is 7.40. The van der Waals surface area contributed by atoms with Crippen molar-refractivity contribution in [3.63, 3.8) is 0 Å². The van der Waals surface area contributed by atoms with Crippen LogP contribution in [0.5, 0.6) is 5.75 Å². The Labute approximate surface area is 159 Å². The second-order valence-electron chi connectivity index (χ2n) is 6.32. The van der Waals surface area contributed by atoms with Crippen LogP contribution in [-0.4, -0.2) is 29.9 Å². The summed E-state index contributed by atoms with van der Waals surface area (Å²) in [6.45, 7) is 0. The van der Waals surface area contributed by atoms with Crippen molar-refractivity contribution in [1.82, 2.24) is 0 Å². The fraction of sp³-hybridized carbons (Fsp3) is 0.250. The summed E-state index contributed by atoms with van der Waals surface area (Å²) in [5, 5.41) is 9.99. The number of cyclic esters (lactones) is 1. The zero-order chi connectivity index (χ0) is 19.0. The summed E-state index contributed by atoms with van der Waals surface area (Å²) in [6.07, 6.45) is 5.18. The van der Waals surface area contributed by atoms with Gasteiger partial charge in [0.25, 0.3) is 0 Å². The molecule has 2 aromatic rings. The summed E-state index contributed by atoms with van der Waals surface area (Å²) in [4.78, 5) is 29.4. The van der Waals surface area contributed by atoms with Crippen LogP contribution in [0.2, 0.25) is 0 Å². The molecule has 0 bridgehead atoms. The summed E-state index contributed by atoms with van der Waals surface area (Å²) in [7, 11) is 1.58. The van der Waals surface area contributed by atoms with Gasteiger partial charge in [0.15, 0.2) is 5.71 Å². The van der Waals surface area contributed by atoms with Gasteiger partial charge in [-0.1, -0.05) is 0 Å². The van der Waals surface area contributed by atoms with Crippen LogP contribution < -0.4 is 4.74 Å². The van der Waals surface area contributed by atoms with E-state index >= 15 is 0 Å². The first-order chi connectivity index (χ1) is 13.1. The lowest BCUT2D eigenvalue weighted by Gasteiger charge is -2.10. The molecule has 0 atom stereocenters. The molecule has 1 aliphatic carbocycles. The quantitative estimate of drug-likeness (QED) is 0.807. The van der Waals surface area contributed by atoms with Crippen LogP contribution in [-0.2, 0) is 22.4 Å². The molecular weight excluding hydrogens is 366 g/mol. The highest BCUT2D eigenvalue weighted by Gasteiger charge is 2.28. The second kappa shape index (κ2) is 7.00.